The molecule has 0 bridgehead atoms. The van der Waals surface area contributed by atoms with E-state index in [0.29, 0.717) is 25.9 Å². The van der Waals surface area contributed by atoms with Crippen molar-refractivity contribution in [2.24, 2.45) is 0 Å². The van der Waals surface area contributed by atoms with E-state index < -0.39 is 11.7 Å². The fourth-order valence-corrected chi connectivity index (χ4v) is 4.02. The van der Waals surface area contributed by atoms with Crippen molar-refractivity contribution >= 4 is 17.3 Å². The van der Waals surface area contributed by atoms with E-state index in [0.717, 1.165) is 34.7 Å². The highest BCUT2D eigenvalue weighted by Crippen LogP contribution is 2.36. The summed E-state index contributed by atoms with van der Waals surface area (Å²) in [7, 11) is 0. The van der Waals surface area contributed by atoms with Gasteiger partial charge in [-0.3, -0.25) is 0 Å². The van der Waals surface area contributed by atoms with Crippen LogP contribution in [0.15, 0.2) is 36.5 Å². The zero-order valence-corrected chi connectivity index (χ0v) is 19.3. The SMILES string of the molecule is Cc1ccc(Nc2nc(C(C)C)nc3c2CCN(c2ncccc2C(F)(F)F)CC3)cc1C. The number of rotatable bonds is 4. The number of nitrogens with zero attached hydrogens (tertiary/aromatic N) is 4. The lowest BCUT2D eigenvalue weighted by atomic mass is 10.1. The maximum absolute atomic E-state index is 13.6. The molecular formula is C25H28F3N5. The van der Waals surface area contributed by atoms with Gasteiger partial charge < -0.3 is 10.2 Å². The molecule has 0 spiro atoms. The second-order valence-electron chi connectivity index (χ2n) is 8.79. The van der Waals surface area contributed by atoms with Gasteiger partial charge in [-0.05, 0) is 55.7 Å². The van der Waals surface area contributed by atoms with Crippen LogP contribution < -0.4 is 10.2 Å². The van der Waals surface area contributed by atoms with E-state index >= 15 is 0 Å². The zero-order valence-electron chi connectivity index (χ0n) is 19.3. The molecule has 3 heterocycles. The first-order chi connectivity index (χ1) is 15.6. The molecule has 2 aromatic heterocycles. The van der Waals surface area contributed by atoms with Gasteiger partial charge in [0.2, 0.25) is 0 Å². The number of pyridine rings is 1. The standard InChI is InChI=1S/C25H28F3N5/c1-15(2)22-31-21-10-13-33(24-20(25(26,27)28)6-5-11-29-24)12-9-19(21)23(32-22)30-18-8-7-16(3)17(4)14-18/h5-8,11,14-15H,9-10,12-13H2,1-4H3,(H,30,31,32). The van der Waals surface area contributed by atoms with Gasteiger partial charge in [-0.15, -0.1) is 0 Å². The second kappa shape index (κ2) is 9.00. The molecule has 1 aliphatic rings. The van der Waals surface area contributed by atoms with Gasteiger partial charge in [0.15, 0.2) is 0 Å². The summed E-state index contributed by atoms with van der Waals surface area (Å²) < 4.78 is 40.7. The highest BCUT2D eigenvalue weighted by Gasteiger charge is 2.36. The molecule has 0 amide bonds. The van der Waals surface area contributed by atoms with Gasteiger partial charge in [-0.25, -0.2) is 15.0 Å². The van der Waals surface area contributed by atoms with E-state index in [1.165, 1.54) is 23.4 Å². The number of benzene rings is 1. The van der Waals surface area contributed by atoms with Gasteiger partial charge in [0.1, 0.15) is 17.5 Å². The summed E-state index contributed by atoms with van der Waals surface area (Å²) in [5, 5.41) is 3.45. The molecule has 0 saturated carbocycles. The Kier molecular flexibility index (Phi) is 6.28. The molecule has 0 fully saturated rings. The van der Waals surface area contributed by atoms with Crippen molar-refractivity contribution in [3.05, 3.63) is 70.3 Å². The average molecular weight is 456 g/mol. The molecule has 8 heteroatoms. The highest BCUT2D eigenvalue weighted by atomic mass is 19.4. The molecular weight excluding hydrogens is 427 g/mol. The third kappa shape index (κ3) is 4.94. The Labute approximate surface area is 192 Å². The Hall–Kier alpha value is -3.16. The number of aryl methyl sites for hydroxylation is 2. The minimum Gasteiger partial charge on any atom is -0.355 e. The quantitative estimate of drug-likeness (QED) is 0.525. The third-order valence-corrected chi connectivity index (χ3v) is 6.04. The molecule has 4 rings (SSSR count). The smallest absolute Gasteiger partial charge is 0.355 e. The van der Waals surface area contributed by atoms with Crippen LogP contribution >= 0.6 is 0 Å². The molecule has 1 aromatic carbocycles. The molecule has 174 valence electrons. The van der Waals surface area contributed by atoms with Crippen LogP contribution in [-0.2, 0) is 19.0 Å². The van der Waals surface area contributed by atoms with Gasteiger partial charge >= 0.3 is 6.18 Å². The van der Waals surface area contributed by atoms with Crippen LogP contribution in [0, 0.1) is 13.8 Å². The molecule has 0 saturated heterocycles. The fraction of sp³-hybridized carbons (Fsp3) is 0.400. The van der Waals surface area contributed by atoms with Gasteiger partial charge in [0.25, 0.3) is 0 Å². The predicted octanol–water partition coefficient (Wildman–Crippen LogP) is 5.98. The van der Waals surface area contributed by atoms with Crippen molar-refractivity contribution in [2.45, 2.75) is 52.6 Å². The third-order valence-electron chi connectivity index (χ3n) is 6.04. The molecule has 1 N–H and O–H groups in total. The first-order valence-corrected chi connectivity index (χ1v) is 11.1. The average Bonchev–Trinajstić information content (AvgIpc) is 2.98. The Bertz CT molecular complexity index is 1160. The Morgan fingerprint density at radius 1 is 1.00 bits per heavy atom. The fourth-order valence-electron chi connectivity index (χ4n) is 4.02. The summed E-state index contributed by atoms with van der Waals surface area (Å²) in [6, 6.07) is 8.56. The number of aromatic nitrogens is 3. The van der Waals surface area contributed by atoms with Crippen molar-refractivity contribution in [1.29, 1.82) is 0 Å². The second-order valence-corrected chi connectivity index (χ2v) is 8.79. The van der Waals surface area contributed by atoms with Gasteiger partial charge in [-0.1, -0.05) is 19.9 Å². The van der Waals surface area contributed by atoms with Crippen LogP contribution in [0.1, 0.15) is 53.5 Å². The number of anilines is 3. The summed E-state index contributed by atoms with van der Waals surface area (Å²) in [4.78, 5) is 15.4. The largest absolute Gasteiger partial charge is 0.419 e. The maximum atomic E-state index is 13.6. The summed E-state index contributed by atoms with van der Waals surface area (Å²) >= 11 is 0. The van der Waals surface area contributed by atoms with Crippen molar-refractivity contribution in [3.8, 4) is 0 Å². The molecule has 0 aliphatic carbocycles. The number of nitrogens with one attached hydrogen (secondary N) is 1. The molecule has 0 atom stereocenters. The van der Waals surface area contributed by atoms with E-state index in [1.54, 1.807) is 4.90 Å². The lowest BCUT2D eigenvalue weighted by Gasteiger charge is -2.24. The van der Waals surface area contributed by atoms with Crippen molar-refractivity contribution in [2.75, 3.05) is 23.3 Å². The first kappa shape index (κ1) is 23.0. The monoisotopic (exact) mass is 455 g/mol. The lowest BCUT2D eigenvalue weighted by Crippen LogP contribution is -2.29. The van der Waals surface area contributed by atoms with Crippen molar-refractivity contribution in [1.82, 2.24) is 15.0 Å². The predicted molar refractivity (Wildman–Crippen MR) is 124 cm³/mol. The van der Waals surface area contributed by atoms with E-state index in [2.05, 4.69) is 36.3 Å². The van der Waals surface area contributed by atoms with E-state index in [4.69, 9.17) is 9.97 Å². The first-order valence-electron chi connectivity index (χ1n) is 11.1. The Morgan fingerprint density at radius 2 is 1.76 bits per heavy atom. The Morgan fingerprint density at radius 3 is 2.45 bits per heavy atom. The minimum atomic E-state index is -4.45. The summed E-state index contributed by atoms with van der Waals surface area (Å²) in [5.41, 5.74) is 4.43. The van der Waals surface area contributed by atoms with Crippen LogP contribution in [0.5, 0.6) is 0 Å². The molecule has 0 unspecified atom stereocenters. The van der Waals surface area contributed by atoms with E-state index in [-0.39, 0.29) is 11.7 Å². The number of alkyl halides is 3. The molecule has 0 radical (unpaired) electrons. The molecule has 5 nitrogen and oxygen atoms in total. The maximum Gasteiger partial charge on any atom is 0.419 e. The zero-order chi connectivity index (χ0) is 23.8. The van der Waals surface area contributed by atoms with Gasteiger partial charge in [0.05, 0.1) is 11.3 Å². The molecule has 33 heavy (non-hydrogen) atoms. The van der Waals surface area contributed by atoms with Crippen LogP contribution in [0.2, 0.25) is 0 Å². The normalized spacial score (nSPS) is 14.2. The summed E-state index contributed by atoms with van der Waals surface area (Å²) in [5.74, 6) is 1.55. The Balaban J connectivity index is 1.69. The summed E-state index contributed by atoms with van der Waals surface area (Å²) in [6.07, 6.45) is -2.00. The highest BCUT2D eigenvalue weighted by molar-refractivity contribution is 5.62. The number of fused-ring (bicyclic) bond motifs is 1. The molecule has 3 aromatic rings. The van der Waals surface area contributed by atoms with Gasteiger partial charge in [0, 0.05) is 42.9 Å². The number of hydrogen-bond acceptors (Lipinski definition) is 5. The van der Waals surface area contributed by atoms with Crippen molar-refractivity contribution < 1.29 is 13.2 Å². The van der Waals surface area contributed by atoms with Crippen LogP contribution in [0.4, 0.5) is 30.5 Å². The lowest BCUT2D eigenvalue weighted by molar-refractivity contribution is -0.137. The topological polar surface area (TPSA) is 53.9 Å². The van der Waals surface area contributed by atoms with Crippen LogP contribution in [-0.4, -0.2) is 28.0 Å². The molecule has 1 aliphatic heterocycles. The van der Waals surface area contributed by atoms with E-state index in [1.807, 2.05) is 19.9 Å². The number of hydrogen-bond donors (Lipinski definition) is 1. The van der Waals surface area contributed by atoms with Gasteiger partial charge in [-0.2, -0.15) is 13.2 Å². The van der Waals surface area contributed by atoms with Crippen LogP contribution in [0.25, 0.3) is 0 Å². The van der Waals surface area contributed by atoms with Crippen molar-refractivity contribution in [3.63, 3.8) is 0 Å². The summed E-state index contributed by atoms with van der Waals surface area (Å²) in [6.45, 7) is 9.00. The van der Waals surface area contributed by atoms with Crippen LogP contribution in [0.3, 0.4) is 0 Å². The van der Waals surface area contributed by atoms with E-state index in [9.17, 15) is 13.2 Å². The number of halogens is 3. The minimum absolute atomic E-state index is 0.0292.